The van der Waals surface area contributed by atoms with Gasteiger partial charge in [0.05, 0.1) is 12.5 Å². The highest BCUT2D eigenvalue weighted by Gasteiger charge is 2.13. The maximum atomic E-state index is 11.9. The third-order valence-electron chi connectivity index (χ3n) is 3.08. The van der Waals surface area contributed by atoms with Crippen molar-refractivity contribution in [2.75, 3.05) is 19.0 Å². The highest BCUT2D eigenvalue weighted by Crippen LogP contribution is 2.22. The lowest BCUT2D eigenvalue weighted by Gasteiger charge is -2.11. The minimum Gasteiger partial charge on any atom is -0.380 e. The molecule has 2 rings (SSSR count). The van der Waals surface area contributed by atoms with Crippen molar-refractivity contribution in [3.05, 3.63) is 45.4 Å². The van der Waals surface area contributed by atoms with Gasteiger partial charge in [0.2, 0.25) is 5.91 Å². The number of hydrogen-bond donors (Lipinski definition) is 2. The lowest BCUT2D eigenvalue weighted by Crippen LogP contribution is -2.28. The van der Waals surface area contributed by atoms with E-state index in [1.54, 1.807) is 13.3 Å². The summed E-state index contributed by atoms with van der Waals surface area (Å²) < 4.78 is 6.15. The van der Waals surface area contributed by atoms with Crippen molar-refractivity contribution in [1.29, 1.82) is 0 Å². The second-order valence-electron chi connectivity index (χ2n) is 4.78. The summed E-state index contributed by atoms with van der Waals surface area (Å²) in [5, 5.41) is 3.38. The van der Waals surface area contributed by atoms with E-state index in [0.29, 0.717) is 11.7 Å². The van der Waals surface area contributed by atoms with Gasteiger partial charge in [-0.1, -0.05) is 28.1 Å². The number of hydrogen-bond acceptors (Lipinski definition) is 5. The lowest BCUT2D eigenvalue weighted by atomic mass is 10.1. The number of benzene rings is 1. The number of nitrogens with one attached hydrogen (secondary N) is 1. The zero-order chi connectivity index (χ0) is 15.9. The molecule has 23 heavy (non-hydrogen) atoms. The number of anilines is 1. The van der Waals surface area contributed by atoms with Gasteiger partial charge in [-0.3, -0.25) is 4.79 Å². The molecule has 126 valence electrons. The van der Waals surface area contributed by atoms with Gasteiger partial charge in [0.1, 0.15) is 0 Å². The number of ether oxygens (including phenoxy) is 1. The van der Waals surface area contributed by atoms with E-state index in [9.17, 15) is 4.79 Å². The van der Waals surface area contributed by atoms with Crippen LogP contribution in [-0.4, -0.2) is 30.6 Å². The van der Waals surface area contributed by atoms with Gasteiger partial charge in [0.15, 0.2) is 5.13 Å². The molecule has 0 spiro atoms. The Balaban J connectivity index is 0.00000264. The van der Waals surface area contributed by atoms with Gasteiger partial charge >= 0.3 is 0 Å². The SMILES string of the molecule is COC(CN)CC(=O)Nc1ncc(Cc2cccc(Br)c2)s1.Cl. The van der Waals surface area contributed by atoms with E-state index in [1.165, 1.54) is 16.9 Å². The topological polar surface area (TPSA) is 77.2 Å². The first-order chi connectivity index (χ1) is 10.6. The van der Waals surface area contributed by atoms with E-state index < -0.39 is 0 Å². The first kappa shape index (κ1) is 20.1. The summed E-state index contributed by atoms with van der Waals surface area (Å²) in [6, 6.07) is 8.13. The molecule has 2 aromatic rings. The van der Waals surface area contributed by atoms with Crippen molar-refractivity contribution < 1.29 is 9.53 Å². The zero-order valence-electron chi connectivity index (χ0n) is 12.6. The molecule has 0 aliphatic carbocycles. The number of amides is 1. The molecule has 0 saturated heterocycles. The van der Waals surface area contributed by atoms with Crippen LogP contribution in [0.25, 0.3) is 0 Å². The lowest BCUT2D eigenvalue weighted by molar-refractivity contribution is -0.118. The van der Waals surface area contributed by atoms with Crippen molar-refractivity contribution >= 4 is 50.7 Å². The maximum Gasteiger partial charge on any atom is 0.228 e. The van der Waals surface area contributed by atoms with Crippen LogP contribution in [-0.2, 0) is 16.0 Å². The number of thiazole rings is 1. The Kier molecular flexibility index (Phi) is 8.72. The van der Waals surface area contributed by atoms with Gasteiger partial charge in [-0.2, -0.15) is 0 Å². The van der Waals surface area contributed by atoms with Crippen LogP contribution in [0.15, 0.2) is 34.9 Å². The standard InChI is InChI=1S/C15H18BrN3O2S.ClH/c1-21-12(8-17)7-14(20)19-15-18-9-13(22-15)6-10-3-2-4-11(16)5-10;/h2-5,9,12H,6-8,17H2,1H3,(H,18,19,20);1H. The fourth-order valence-corrected chi connectivity index (χ4v) is 3.24. The van der Waals surface area contributed by atoms with Crippen LogP contribution >= 0.6 is 39.7 Å². The van der Waals surface area contributed by atoms with Crippen molar-refractivity contribution in [2.24, 2.45) is 5.73 Å². The number of methoxy groups -OCH3 is 1. The fraction of sp³-hybridized carbons (Fsp3) is 0.333. The molecule has 0 fully saturated rings. The molecule has 1 aromatic heterocycles. The van der Waals surface area contributed by atoms with Gasteiger partial charge in [-0.05, 0) is 17.7 Å². The van der Waals surface area contributed by atoms with Gasteiger partial charge in [-0.25, -0.2) is 4.98 Å². The van der Waals surface area contributed by atoms with Crippen LogP contribution in [0.5, 0.6) is 0 Å². The van der Waals surface area contributed by atoms with Gasteiger partial charge in [0, 0.05) is 35.6 Å². The highest BCUT2D eigenvalue weighted by molar-refractivity contribution is 9.10. The minimum atomic E-state index is -0.263. The molecule has 0 radical (unpaired) electrons. The van der Waals surface area contributed by atoms with Gasteiger partial charge in [-0.15, -0.1) is 23.7 Å². The molecule has 1 heterocycles. The summed E-state index contributed by atoms with van der Waals surface area (Å²) in [6.07, 6.45) is 2.54. The number of nitrogens with zero attached hydrogens (tertiary/aromatic N) is 1. The smallest absolute Gasteiger partial charge is 0.228 e. The Morgan fingerprint density at radius 3 is 2.96 bits per heavy atom. The molecule has 1 atom stereocenters. The third kappa shape index (κ3) is 6.56. The fourth-order valence-electron chi connectivity index (χ4n) is 1.94. The molecule has 1 aromatic carbocycles. The maximum absolute atomic E-state index is 11.9. The van der Waals surface area contributed by atoms with Crippen LogP contribution in [0.2, 0.25) is 0 Å². The van der Waals surface area contributed by atoms with E-state index in [4.69, 9.17) is 10.5 Å². The monoisotopic (exact) mass is 419 g/mol. The second kappa shape index (κ2) is 10.00. The molecule has 0 aliphatic heterocycles. The molecule has 0 saturated carbocycles. The average Bonchev–Trinajstić information content (AvgIpc) is 2.91. The van der Waals surface area contributed by atoms with E-state index in [2.05, 4.69) is 38.4 Å². The molecule has 1 amide bonds. The number of nitrogens with two attached hydrogens (primary N) is 1. The quantitative estimate of drug-likeness (QED) is 0.721. The number of rotatable bonds is 7. The molecule has 0 bridgehead atoms. The number of carbonyl (C=O) groups excluding carboxylic acids is 1. The average molecular weight is 421 g/mol. The van der Waals surface area contributed by atoms with Crippen LogP contribution in [0.1, 0.15) is 16.9 Å². The van der Waals surface area contributed by atoms with E-state index in [-0.39, 0.29) is 30.8 Å². The predicted molar refractivity (Wildman–Crippen MR) is 99.4 cm³/mol. The second-order valence-corrected chi connectivity index (χ2v) is 6.82. The van der Waals surface area contributed by atoms with Crippen molar-refractivity contribution in [2.45, 2.75) is 18.9 Å². The van der Waals surface area contributed by atoms with Gasteiger partial charge in [0.25, 0.3) is 0 Å². The number of aromatic nitrogens is 1. The molecule has 1 unspecified atom stereocenters. The van der Waals surface area contributed by atoms with Crippen molar-refractivity contribution in [3.8, 4) is 0 Å². The Hall–Kier alpha value is -0.990. The van der Waals surface area contributed by atoms with E-state index in [0.717, 1.165) is 15.8 Å². The molecular formula is C15H19BrClN3O2S. The van der Waals surface area contributed by atoms with Crippen molar-refractivity contribution in [1.82, 2.24) is 4.98 Å². The normalized spacial score (nSPS) is 11.6. The zero-order valence-corrected chi connectivity index (χ0v) is 15.8. The minimum absolute atomic E-state index is 0. The van der Waals surface area contributed by atoms with Crippen LogP contribution in [0, 0.1) is 0 Å². The Morgan fingerprint density at radius 2 is 2.30 bits per heavy atom. The predicted octanol–water partition coefficient (Wildman–Crippen LogP) is 3.22. The number of halogens is 2. The molecule has 8 heteroatoms. The third-order valence-corrected chi connectivity index (χ3v) is 4.48. The van der Waals surface area contributed by atoms with Crippen LogP contribution < -0.4 is 11.1 Å². The van der Waals surface area contributed by atoms with Crippen LogP contribution in [0.4, 0.5) is 5.13 Å². The summed E-state index contributed by atoms with van der Waals surface area (Å²) in [7, 11) is 1.55. The summed E-state index contributed by atoms with van der Waals surface area (Å²) in [5.41, 5.74) is 6.70. The Morgan fingerprint density at radius 1 is 1.52 bits per heavy atom. The Bertz CT molecular complexity index is 635. The first-order valence-corrected chi connectivity index (χ1v) is 8.43. The first-order valence-electron chi connectivity index (χ1n) is 6.82. The van der Waals surface area contributed by atoms with Gasteiger partial charge < -0.3 is 15.8 Å². The summed E-state index contributed by atoms with van der Waals surface area (Å²) >= 11 is 4.93. The number of carbonyl (C=O) groups is 1. The Labute approximate surface area is 154 Å². The molecule has 3 N–H and O–H groups in total. The largest absolute Gasteiger partial charge is 0.380 e. The molecular weight excluding hydrogens is 402 g/mol. The molecule has 5 nitrogen and oxygen atoms in total. The van der Waals surface area contributed by atoms with E-state index >= 15 is 0 Å². The summed E-state index contributed by atoms with van der Waals surface area (Å²) in [4.78, 5) is 17.2. The highest BCUT2D eigenvalue weighted by atomic mass is 79.9. The van der Waals surface area contributed by atoms with E-state index in [1.807, 2.05) is 12.1 Å². The summed E-state index contributed by atoms with van der Waals surface area (Å²) in [5.74, 6) is -0.138. The summed E-state index contributed by atoms with van der Waals surface area (Å²) in [6.45, 7) is 0.315. The van der Waals surface area contributed by atoms with Crippen LogP contribution in [0.3, 0.4) is 0 Å². The molecule has 0 aliphatic rings. The van der Waals surface area contributed by atoms with Crippen molar-refractivity contribution in [3.63, 3.8) is 0 Å².